The van der Waals surface area contributed by atoms with Crippen LogP contribution >= 0.6 is 12.4 Å². The van der Waals surface area contributed by atoms with Crippen LogP contribution in [0.3, 0.4) is 0 Å². The zero-order valence-electron chi connectivity index (χ0n) is 14.2. The highest BCUT2D eigenvalue weighted by atomic mass is 35.5. The fraction of sp³-hybridized carbons (Fsp3) is 0.556. The molecule has 5 nitrogen and oxygen atoms in total. The lowest BCUT2D eigenvalue weighted by atomic mass is 10.1. The second-order valence-electron chi connectivity index (χ2n) is 6.47. The molecule has 3 unspecified atom stereocenters. The number of nitrogens with one attached hydrogen (secondary N) is 1. The summed E-state index contributed by atoms with van der Waals surface area (Å²) in [6.45, 7) is 5.16. The minimum absolute atomic E-state index is 0. The van der Waals surface area contributed by atoms with E-state index >= 15 is 0 Å². The number of carbonyl (C=O) groups is 2. The summed E-state index contributed by atoms with van der Waals surface area (Å²) in [5.41, 5.74) is 0.598. The van der Waals surface area contributed by atoms with E-state index in [1.54, 1.807) is 31.2 Å². The molecule has 2 fully saturated rings. The van der Waals surface area contributed by atoms with Crippen molar-refractivity contribution in [2.75, 3.05) is 13.1 Å². The molecule has 0 spiro atoms. The van der Waals surface area contributed by atoms with E-state index in [-0.39, 0.29) is 30.1 Å². The fourth-order valence-electron chi connectivity index (χ4n) is 3.60. The van der Waals surface area contributed by atoms with Gasteiger partial charge in [-0.3, -0.25) is 9.59 Å². The van der Waals surface area contributed by atoms with E-state index in [0.29, 0.717) is 17.4 Å². The number of benzene rings is 1. The maximum atomic E-state index is 12.8. The summed E-state index contributed by atoms with van der Waals surface area (Å²) in [6, 6.07) is 7.63. The molecule has 1 aromatic rings. The van der Waals surface area contributed by atoms with E-state index in [0.717, 1.165) is 32.4 Å². The highest BCUT2D eigenvalue weighted by Crippen LogP contribution is 2.29. The average Bonchev–Trinajstić information content (AvgIpc) is 2.79. The summed E-state index contributed by atoms with van der Waals surface area (Å²) >= 11 is 0. The summed E-state index contributed by atoms with van der Waals surface area (Å²) in [6.07, 6.45) is 2.62. The number of carbonyl (C=O) groups excluding carboxylic acids is 2. The van der Waals surface area contributed by atoms with Gasteiger partial charge in [-0.2, -0.15) is 0 Å². The number of rotatable bonds is 4. The number of hydrogen-bond donors (Lipinski definition) is 1. The number of halogens is 1. The van der Waals surface area contributed by atoms with Crippen LogP contribution in [-0.2, 0) is 4.79 Å². The van der Waals surface area contributed by atoms with Gasteiger partial charge in [-0.15, -0.1) is 12.4 Å². The van der Waals surface area contributed by atoms with Gasteiger partial charge in [0.1, 0.15) is 5.75 Å². The zero-order valence-corrected chi connectivity index (χ0v) is 15.0. The van der Waals surface area contributed by atoms with Crippen LogP contribution < -0.4 is 10.1 Å². The van der Waals surface area contributed by atoms with Crippen molar-refractivity contribution in [3.63, 3.8) is 0 Å². The smallest absolute Gasteiger partial charge is 0.263 e. The van der Waals surface area contributed by atoms with Gasteiger partial charge in [-0.25, -0.2) is 0 Å². The summed E-state index contributed by atoms with van der Waals surface area (Å²) in [4.78, 5) is 26.3. The molecule has 2 saturated heterocycles. The highest BCUT2D eigenvalue weighted by Gasteiger charge is 2.40. The van der Waals surface area contributed by atoms with Gasteiger partial charge in [0, 0.05) is 24.2 Å². The van der Waals surface area contributed by atoms with Crippen molar-refractivity contribution >= 4 is 24.1 Å². The topological polar surface area (TPSA) is 58.6 Å². The van der Waals surface area contributed by atoms with Gasteiger partial charge in [-0.1, -0.05) is 12.1 Å². The first-order valence-corrected chi connectivity index (χ1v) is 8.37. The molecule has 0 saturated carbocycles. The molecular formula is C18H25ClN2O3. The number of ketones is 1. The maximum absolute atomic E-state index is 12.8. The molecule has 3 rings (SSSR count). The van der Waals surface area contributed by atoms with Crippen molar-refractivity contribution in [2.24, 2.45) is 0 Å². The van der Waals surface area contributed by atoms with Gasteiger partial charge in [0.15, 0.2) is 11.9 Å². The van der Waals surface area contributed by atoms with Crippen molar-refractivity contribution in [1.82, 2.24) is 10.2 Å². The van der Waals surface area contributed by atoms with E-state index in [4.69, 9.17) is 4.74 Å². The second-order valence-corrected chi connectivity index (χ2v) is 6.47. The lowest BCUT2D eigenvalue weighted by Crippen LogP contribution is -2.48. The van der Waals surface area contributed by atoms with Crippen LogP contribution in [0, 0.1) is 0 Å². The Labute approximate surface area is 149 Å². The number of ether oxygens (including phenoxy) is 1. The van der Waals surface area contributed by atoms with Crippen LogP contribution in [0.4, 0.5) is 0 Å². The van der Waals surface area contributed by atoms with Crippen LogP contribution in [0.1, 0.15) is 43.5 Å². The normalized spacial score (nSPS) is 23.8. The van der Waals surface area contributed by atoms with Crippen molar-refractivity contribution in [1.29, 1.82) is 0 Å². The van der Waals surface area contributed by atoms with Gasteiger partial charge < -0.3 is 15.0 Å². The van der Waals surface area contributed by atoms with Gasteiger partial charge in [-0.05, 0) is 51.8 Å². The Hall–Kier alpha value is -1.59. The third-order valence-corrected chi connectivity index (χ3v) is 4.81. The van der Waals surface area contributed by atoms with Crippen LogP contribution in [0.5, 0.6) is 5.75 Å². The van der Waals surface area contributed by atoms with Crippen molar-refractivity contribution in [2.45, 2.75) is 51.3 Å². The van der Waals surface area contributed by atoms with Gasteiger partial charge in [0.2, 0.25) is 0 Å². The fourth-order valence-corrected chi connectivity index (χ4v) is 3.60. The van der Waals surface area contributed by atoms with E-state index in [1.807, 2.05) is 4.90 Å². The van der Waals surface area contributed by atoms with E-state index < -0.39 is 6.10 Å². The van der Waals surface area contributed by atoms with Gasteiger partial charge in [0.05, 0.1) is 0 Å². The molecule has 0 aliphatic carbocycles. The zero-order chi connectivity index (χ0) is 16.4. The lowest BCUT2D eigenvalue weighted by molar-refractivity contribution is -0.140. The molecule has 132 valence electrons. The Morgan fingerprint density at radius 3 is 2.75 bits per heavy atom. The molecule has 1 N–H and O–H groups in total. The largest absolute Gasteiger partial charge is 0.481 e. The molecule has 2 aliphatic rings. The maximum Gasteiger partial charge on any atom is 0.263 e. The summed E-state index contributed by atoms with van der Waals surface area (Å²) in [5, 5.41) is 3.40. The Bertz CT molecular complexity index is 594. The van der Waals surface area contributed by atoms with Crippen molar-refractivity contribution in [3.8, 4) is 5.75 Å². The minimum Gasteiger partial charge on any atom is -0.481 e. The summed E-state index contributed by atoms with van der Waals surface area (Å²) in [5.74, 6) is 0.610. The Morgan fingerprint density at radius 2 is 2.00 bits per heavy atom. The minimum atomic E-state index is -0.543. The molecule has 1 amide bonds. The van der Waals surface area contributed by atoms with Crippen molar-refractivity contribution < 1.29 is 14.3 Å². The molecule has 6 heteroatoms. The molecule has 2 heterocycles. The highest BCUT2D eigenvalue weighted by molar-refractivity contribution is 5.94. The molecule has 3 atom stereocenters. The molecule has 0 aromatic heterocycles. The molecule has 2 aliphatic heterocycles. The van der Waals surface area contributed by atoms with Gasteiger partial charge in [0.25, 0.3) is 5.91 Å². The Balaban J connectivity index is 0.00000208. The summed E-state index contributed by atoms with van der Waals surface area (Å²) < 4.78 is 5.82. The number of amides is 1. The van der Waals surface area contributed by atoms with E-state index in [2.05, 4.69) is 5.32 Å². The first-order valence-electron chi connectivity index (χ1n) is 8.37. The number of hydrogen-bond acceptors (Lipinski definition) is 4. The standard InChI is InChI=1S/C18H24N2O3.ClH/c1-12(21)14-4-3-5-17(10-14)23-13(2)18(22)20-15-6-7-16(20)11-19-9-8-15;/h3-5,10,13,15-16,19H,6-9,11H2,1-2H3;1H. The Kier molecular flexibility index (Phi) is 6.24. The molecule has 1 aromatic carbocycles. The number of Topliss-reactive ketones (excluding diaryl/α,β-unsaturated/α-hetero) is 1. The van der Waals surface area contributed by atoms with Crippen LogP contribution in [0.25, 0.3) is 0 Å². The van der Waals surface area contributed by atoms with Crippen molar-refractivity contribution in [3.05, 3.63) is 29.8 Å². The molecule has 24 heavy (non-hydrogen) atoms. The molecular weight excluding hydrogens is 328 g/mol. The first-order chi connectivity index (χ1) is 11.1. The quantitative estimate of drug-likeness (QED) is 0.845. The summed E-state index contributed by atoms with van der Waals surface area (Å²) in [7, 11) is 0. The predicted octanol–water partition coefficient (Wildman–Crippen LogP) is 2.43. The Morgan fingerprint density at radius 1 is 1.25 bits per heavy atom. The molecule has 2 bridgehead atoms. The third kappa shape index (κ3) is 3.90. The van der Waals surface area contributed by atoms with Gasteiger partial charge >= 0.3 is 0 Å². The average molecular weight is 353 g/mol. The SMILES string of the molecule is CC(=O)c1cccc(OC(C)C(=O)N2C3CCNCC2CC3)c1.Cl. The first kappa shape index (κ1) is 18.7. The molecule has 0 radical (unpaired) electrons. The van der Waals surface area contributed by atoms with E-state index in [1.165, 1.54) is 6.92 Å². The number of fused-ring (bicyclic) bond motifs is 2. The van der Waals surface area contributed by atoms with Crippen LogP contribution in [0.2, 0.25) is 0 Å². The number of nitrogens with zero attached hydrogens (tertiary/aromatic N) is 1. The van der Waals surface area contributed by atoms with Crippen LogP contribution in [0.15, 0.2) is 24.3 Å². The third-order valence-electron chi connectivity index (χ3n) is 4.81. The monoisotopic (exact) mass is 352 g/mol. The lowest BCUT2D eigenvalue weighted by Gasteiger charge is -2.30. The second kappa shape index (κ2) is 7.99. The van der Waals surface area contributed by atoms with E-state index in [9.17, 15) is 9.59 Å². The predicted molar refractivity (Wildman–Crippen MR) is 94.9 cm³/mol. The van der Waals surface area contributed by atoms with Crippen LogP contribution in [-0.4, -0.2) is 47.9 Å².